The van der Waals surface area contributed by atoms with Crippen LogP contribution < -0.4 is 9.62 Å². The zero-order valence-corrected chi connectivity index (χ0v) is 21.7. The van der Waals surface area contributed by atoms with Crippen LogP contribution in [0.4, 0.5) is 10.1 Å². The third-order valence-electron chi connectivity index (χ3n) is 5.01. The Bertz CT molecular complexity index is 1140. The molecule has 34 heavy (non-hydrogen) atoms. The zero-order valence-electron chi connectivity index (χ0n) is 19.4. The van der Waals surface area contributed by atoms with Gasteiger partial charge in [0.05, 0.1) is 11.9 Å². The molecule has 1 N–H and O–H groups in total. The van der Waals surface area contributed by atoms with E-state index in [1.165, 1.54) is 36.1 Å². The van der Waals surface area contributed by atoms with Gasteiger partial charge in [0.15, 0.2) is 0 Å². The van der Waals surface area contributed by atoms with Crippen molar-refractivity contribution in [1.82, 2.24) is 10.2 Å². The highest BCUT2D eigenvalue weighted by atomic mass is 35.5. The van der Waals surface area contributed by atoms with Gasteiger partial charge in [-0.25, -0.2) is 12.8 Å². The van der Waals surface area contributed by atoms with Gasteiger partial charge in [-0.05, 0) is 42.7 Å². The average molecular weight is 532 g/mol. The van der Waals surface area contributed by atoms with Gasteiger partial charge in [-0.15, -0.1) is 0 Å². The van der Waals surface area contributed by atoms with Crippen molar-refractivity contribution in [2.24, 2.45) is 5.92 Å². The van der Waals surface area contributed by atoms with Crippen molar-refractivity contribution in [3.05, 3.63) is 63.9 Å². The number of amides is 2. The van der Waals surface area contributed by atoms with Crippen molar-refractivity contribution in [3.8, 4) is 0 Å². The second-order valence-electron chi connectivity index (χ2n) is 8.29. The number of para-hydroxylation sites is 1. The highest BCUT2D eigenvalue weighted by Gasteiger charge is 2.31. The molecule has 0 bridgehead atoms. The normalized spacial score (nSPS) is 12.4. The quantitative estimate of drug-likeness (QED) is 0.500. The van der Waals surface area contributed by atoms with Crippen molar-refractivity contribution in [3.63, 3.8) is 0 Å². The lowest BCUT2D eigenvalue weighted by Gasteiger charge is -2.32. The van der Waals surface area contributed by atoms with Crippen LogP contribution in [0.1, 0.15) is 26.3 Å². The Hall–Kier alpha value is -2.36. The molecule has 0 aliphatic rings. The highest BCUT2D eigenvalue weighted by Crippen LogP contribution is 2.25. The van der Waals surface area contributed by atoms with Crippen LogP contribution in [0.25, 0.3) is 0 Å². The molecule has 1 atom stereocenters. The molecule has 2 aromatic carbocycles. The summed E-state index contributed by atoms with van der Waals surface area (Å²) in [5.74, 6) is -1.72. The summed E-state index contributed by atoms with van der Waals surface area (Å²) in [5.41, 5.74) is 0.250. The molecule has 186 valence electrons. The summed E-state index contributed by atoms with van der Waals surface area (Å²) < 4.78 is 40.0. The molecule has 0 aliphatic carbocycles. The lowest BCUT2D eigenvalue weighted by molar-refractivity contribution is -0.139. The van der Waals surface area contributed by atoms with E-state index in [9.17, 15) is 22.4 Å². The average Bonchev–Trinajstić information content (AvgIpc) is 2.74. The van der Waals surface area contributed by atoms with Crippen LogP contribution in [-0.4, -0.2) is 50.5 Å². The largest absolute Gasteiger partial charge is 0.354 e. The summed E-state index contributed by atoms with van der Waals surface area (Å²) in [4.78, 5) is 27.4. The van der Waals surface area contributed by atoms with Crippen molar-refractivity contribution < 1.29 is 22.4 Å². The standard InChI is InChI=1S/C23H28Cl2FN3O4S/c1-15(2)12-27-23(31)16(3)28(13-17-9-10-18(24)11-19(17)25)22(30)14-29(34(4,32)33)21-8-6-5-7-20(21)26/h5-11,15-16H,12-14H2,1-4H3,(H,27,31)/t16-/m1/s1. The van der Waals surface area contributed by atoms with E-state index in [1.54, 1.807) is 12.1 Å². The maximum atomic E-state index is 14.4. The minimum Gasteiger partial charge on any atom is -0.354 e. The fourth-order valence-corrected chi connectivity index (χ4v) is 4.44. The van der Waals surface area contributed by atoms with Crippen LogP contribution in [0, 0.1) is 11.7 Å². The molecule has 0 heterocycles. The number of sulfonamides is 1. The molecule has 7 nitrogen and oxygen atoms in total. The van der Waals surface area contributed by atoms with Gasteiger partial charge in [-0.1, -0.05) is 55.2 Å². The smallest absolute Gasteiger partial charge is 0.244 e. The molecule has 0 aliphatic heterocycles. The monoisotopic (exact) mass is 531 g/mol. The fourth-order valence-electron chi connectivity index (χ4n) is 3.12. The third-order valence-corrected chi connectivity index (χ3v) is 6.72. The minimum atomic E-state index is -4.02. The van der Waals surface area contributed by atoms with E-state index in [1.807, 2.05) is 13.8 Å². The predicted molar refractivity (Wildman–Crippen MR) is 133 cm³/mol. The molecular formula is C23H28Cl2FN3O4S. The Labute approximate surface area is 209 Å². The summed E-state index contributed by atoms with van der Waals surface area (Å²) in [6.07, 6.45) is 0.881. The van der Waals surface area contributed by atoms with E-state index in [-0.39, 0.29) is 23.2 Å². The van der Waals surface area contributed by atoms with Gasteiger partial charge < -0.3 is 10.2 Å². The van der Waals surface area contributed by atoms with E-state index in [4.69, 9.17) is 23.2 Å². The van der Waals surface area contributed by atoms with Gasteiger partial charge >= 0.3 is 0 Å². The van der Waals surface area contributed by atoms with E-state index in [0.717, 1.165) is 12.3 Å². The van der Waals surface area contributed by atoms with E-state index < -0.39 is 40.2 Å². The number of nitrogens with zero attached hydrogens (tertiary/aromatic N) is 2. The lowest BCUT2D eigenvalue weighted by Crippen LogP contribution is -2.51. The number of hydrogen-bond acceptors (Lipinski definition) is 4. The van der Waals surface area contributed by atoms with Crippen molar-refractivity contribution in [1.29, 1.82) is 0 Å². The molecule has 11 heteroatoms. The Kier molecular flexibility index (Phi) is 9.73. The Balaban J connectivity index is 2.41. The maximum Gasteiger partial charge on any atom is 0.244 e. The Morgan fingerprint density at radius 3 is 2.29 bits per heavy atom. The number of rotatable bonds is 10. The number of carbonyl (C=O) groups excluding carboxylic acids is 2. The van der Waals surface area contributed by atoms with Gasteiger partial charge in [0, 0.05) is 23.1 Å². The molecule has 2 aromatic rings. The van der Waals surface area contributed by atoms with Crippen molar-refractivity contribution in [2.75, 3.05) is 23.7 Å². The molecule has 0 spiro atoms. The molecule has 0 saturated carbocycles. The molecule has 0 radical (unpaired) electrons. The summed E-state index contributed by atoms with van der Waals surface area (Å²) in [6, 6.07) is 9.01. The molecular weight excluding hydrogens is 504 g/mol. The number of halogens is 3. The summed E-state index contributed by atoms with van der Waals surface area (Å²) in [5, 5.41) is 3.46. The van der Waals surface area contributed by atoms with Crippen LogP contribution in [0.15, 0.2) is 42.5 Å². The van der Waals surface area contributed by atoms with Crippen molar-refractivity contribution >= 4 is 50.7 Å². The van der Waals surface area contributed by atoms with Crippen LogP contribution in [0.2, 0.25) is 10.0 Å². The van der Waals surface area contributed by atoms with Gasteiger partial charge in [0.1, 0.15) is 18.4 Å². The lowest BCUT2D eigenvalue weighted by atomic mass is 10.1. The Morgan fingerprint density at radius 1 is 1.09 bits per heavy atom. The van der Waals surface area contributed by atoms with E-state index in [0.29, 0.717) is 21.4 Å². The molecule has 2 amide bonds. The first kappa shape index (κ1) is 27.9. The molecule has 0 fully saturated rings. The van der Waals surface area contributed by atoms with Crippen LogP contribution in [0.5, 0.6) is 0 Å². The summed E-state index contributed by atoms with van der Waals surface area (Å²) in [7, 11) is -4.02. The first-order valence-corrected chi connectivity index (χ1v) is 13.1. The SMILES string of the molecule is CC(C)CNC(=O)[C@@H](C)N(Cc1ccc(Cl)cc1Cl)C(=O)CN(c1ccccc1F)S(C)(=O)=O. The molecule has 2 rings (SSSR count). The van der Waals surface area contributed by atoms with Gasteiger partial charge in [0.25, 0.3) is 0 Å². The van der Waals surface area contributed by atoms with E-state index >= 15 is 0 Å². The summed E-state index contributed by atoms with van der Waals surface area (Å²) in [6.45, 7) is 5.01. The molecule has 0 aromatic heterocycles. The van der Waals surface area contributed by atoms with Crippen LogP contribution >= 0.6 is 23.2 Å². The van der Waals surface area contributed by atoms with Crippen LogP contribution in [-0.2, 0) is 26.2 Å². The van der Waals surface area contributed by atoms with Gasteiger partial charge in [-0.3, -0.25) is 13.9 Å². The zero-order chi connectivity index (χ0) is 25.6. The molecule has 0 unspecified atom stereocenters. The third kappa shape index (κ3) is 7.58. The fraction of sp³-hybridized carbons (Fsp3) is 0.391. The van der Waals surface area contributed by atoms with Gasteiger partial charge in [-0.2, -0.15) is 0 Å². The minimum absolute atomic E-state index is 0.0834. The number of carbonyl (C=O) groups is 2. The highest BCUT2D eigenvalue weighted by molar-refractivity contribution is 7.92. The van der Waals surface area contributed by atoms with Crippen molar-refractivity contribution in [2.45, 2.75) is 33.4 Å². The number of anilines is 1. The van der Waals surface area contributed by atoms with E-state index in [2.05, 4.69) is 5.32 Å². The van der Waals surface area contributed by atoms with Gasteiger partial charge in [0.2, 0.25) is 21.8 Å². The first-order valence-electron chi connectivity index (χ1n) is 10.5. The first-order chi connectivity index (χ1) is 15.8. The second-order valence-corrected chi connectivity index (χ2v) is 11.0. The topological polar surface area (TPSA) is 86.8 Å². The maximum absolute atomic E-state index is 14.4. The predicted octanol–water partition coefficient (Wildman–Crippen LogP) is 4.09. The second kappa shape index (κ2) is 11.9. The summed E-state index contributed by atoms with van der Waals surface area (Å²) >= 11 is 12.2. The number of hydrogen-bond donors (Lipinski definition) is 1. The Morgan fingerprint density at radius 2 is 1.74 bits per heavy atom. The number of benzene rings is 2. The number of nitrogens with one attached hydrogen (secondary N) is 1. The van der Waals surface area contributed by atoms with Crippen LogP contribution in [0.3, 0.4) is 0 Å². The molecule has 0 saturated heterocycles.